The normalized spacial score (nSPS) is 12.6. The van der Waals surface area contributed by atoms with Gasteiger partial charge in [0.1, 0.15) is 34.2 Å². The van der Waals surface area contributed by atoms with Crippen molar-refractivity contribution in [3.8, 4) is 34.1 Å². The van der Waals surface area contributed by atoms with Crippen molar-refractivity contribution in [1.82, 2.24) is 0 Å². The van der Waals surface area contributed by atoms with Crippen LogP contribution in [0.25, 0.3) is 33.1 Å². The maximum atomic E-state index is 6.68. The summed E-state index contributed by atoms with van der Waals surface area (Å²) in [5.74, 6) is 3.36. The number of furan rings is 1. The Bertz CT molecular complexity index is 2440. The first-order valence-electron chi connectivity index (χ1n) is 15.9. The number of hydrogen-bond acceptors (Lipinski definition) is 4. The number of nitrogens with zero attached hydrogens (tertiary/aromatic N) is 1. The topological polar surface area (TPSA) is 34.8 Å². The highest BCUT2D eigenvalue weighted by Crippen LogP contribution is 2.41. The van der Waals surface area contributed by atoms with Crippen molar-refractivity contribution in [1.29, 1.82) is 0 Å². The standard InChI is InChI=1S/C42H26BNO3/c1-4-11-27(12-5-1)28-19-22-36-34(23-28)43-35-26-40-33(25-41(35)46-38-18-10-17-37(45-36)42(38)43)32-21-20-31(24-39(32)47-40)44(29-13-6-2-7-14-29)30-15-8-3-9-16-30/h1-26H. The molecule has 0 bridgehead atoms. The van der Waals surface area contributed by atoms with E-state index in [0.29, 0.717) is 0 Å². The van der Waals surface area contributed by atoms with Gasteiger partial charge >= 0.3 is 0 Å². The molecule has 0 unspecified atom stereocenters. The lowest BCUT2D eigenvalue weighted by molar-refractivity contribution is 0.465. The molecule has 220 valence electrons. The summed E-state index contributed by atoms with van der Waals surface area (Å²) in [7, 11) is 0. The molecule has 0 saturated carbocycles. The van der Waals surface area contributed by atoms with Gasteiger partial charge in [-0.15, -0.1) is 0 Å². The summed E-state index contributed by atoms with van der Waals surface area (Å²) in [5.41, 5.74) is 10.4. The van der Waals surface area contributed by atoms with Gasteiger partial charge in [-0.2, -0.15) is 0 Å². The first-order chi connectivity index (χ1) is 23.3. The van der Waals surface area contributed by atoms with Gasteiger partial charge in [-0.3, -0.25) is 0 Å². The first-order valence-corrected chi connectivity index (χ1v) is 15.9. The second-order valence-corrected chi connectivity index (χ2v) is 12.1. The highest BCUT2D eigenvalue weighted by molar-refractivity contribution is 6.98. The van der Waals surface area contributed by atoms with Crippen LogP contribution in [0, 0.1) is 0 Å². The summed E-state index contributed by atoms with van der Waals surface area (Å²) >= 11 is 0. The van der Waals surface area contributed by atoms with Gasteiger partial charge in [0, 0.05) is 39.4 Å². The lowest BCUT2D eigenvalue weighted by Crippen LogP contribution is -2.57. The van der Waals surface area contributed by atoms with Gasteiger partial charge in [0.05, 0.1) is 0 Å². The first kappa shape index (κ1) is 26.1. The number of fused-ring (bicyclic) bond motifs is 7. The van der Waals surface area contributed by atoms with E-state index in [2.05, 4.69) is 126 Å². The quantitative estimate of drug-likeness (QED) is 0.188. The van der Waals surface area contributed by atoms with Crippen molar-refractivity contribution in [2.24, 2.45) is 0 Å². The number of benzene rings is 7. The van der Waals surface area contributed by atoms with E-state index in [4.69, 9.17) is 13.9 Å². The number of anilines is 3. The Morgan fingerprint density at radius 2 is 1.04 bits per heavy atom. The van der Waals surface area contributed by atoms with Gasteiger partial charge in [-0.25, -0.2) is 0 Å². The fourth-order valence-corrected chi connectivity index (χ4v) is 7.24. The molecule has 0 spiro atoms. The summed E-state index contributed by atoms with van der Waals surface area (Å²) < 4.78 is 19.8. The van der Waals surface area contributed by atoms with Gasteiger partial charge in [0.2, 0.25) is 0 Å². The van der Waals surface area contributed by atoms with Crippen LogP contribution in [-0.4, -0.2) is 6.71 Å². The van der Waals surface area contributed by atoms with Gasteiger partial charge < -0.3 is 18.8 Å². The van der Waals surface area contributed by atoms with Gasteiger partial charge in [0.15, 0.2) is 0 Å². The van der Waals surface area contributed by atoms with Crippen LogP contribution in [0.5, 0.6) is 23.0 Å². The van der Waals surface area contributed by atoms with Crippen molar-refractivity contribution in [3.63, 3.8) is 0 Å². The van der Waals surface area contributed by atoms with E-state index in [0.717, 1.165) is 84.0 Å². The van der Waals surface area contributed by atoms with Crippen LogP contribution in [0.3, 0.4) is 0 Å². The Morgan fingerprint density at radius 1 is 0.404 bits per heavy atom. The molecule has 2 aliphatic rings. The minimum absolute atomic E-state index is 0.0582. The Kier molecular flexibility index (Phi) is 5.63. The molecule has 0 fully saturated rings. The van der Waals surface area contributed by atoms with E-state index in [1.54, 1.807) is 0 Å². The summed E-state index contributed by atoms with van der Waals surface area (Å²) in [6, 6.07) is 54.7. The second-order valence-electron chi connectivity index (χ2n) is 12.1. The van der Waals surface area contributed by atoms with E-state index < -0.39 is 0 Å². The predicted molar refractivity (Wildman–Crippen MR) is 192 cm³/mol. The zero-order valence-electron chi connectivity index (χ0n) is 25.3. The molecule has 7 aromatic carbocycles. The Balaban J connectivity index is 1.14. The molecule has 4 nitrogen and oxygen atoms in total. The predicted octanol–water partition coefficient (Wildman–Crippen LogP) is 9.45. The lowest BCUT2D eigenvalue weighted by Gasteiger charge is -2.33. The number of hydrogen-bond donors (Lipinski definition) is 0. The SMILES string of the molecule is c1ccc(-c2ccc3c(c2)B2c4cc5oc6cc(N(c7ccccc7)c7ccccc7)ccc6c5cc4Oc4cccc(c42)O3)cc1. The van der Waals surface area contributed by atoms with Crippen LogP contribution >= 0.6 is 0 Å². The van der Waals surface area contributed by atoms with E-state index in [1.807, 2.05) is 36.4 Å². The molecule has 0 radical (unpaired) electrons. The highest BCUT2D eigenvalue weighted by atomic mass is 16.5. The van der Waals surface area contributed by atoms with Crippen molar-refractivity contribution >= 4 is 62.1 Å². The van der Waals surface area contributed by atoms with Crippen molar-refractivity contribution in [3.05, 3.63) is 158 Å². The third-order valence-corrected chi connectivity index (χ3v) is 9.37. The fraction of sp³-hybridized carbons (Fsp3) is 0. The molecule has 5 heteroatoms. The molecule has 2 aliphatic heterocycles. The van der Waals surface area contributed by atoms with E-state index in [9.17, 15) is 0 Å². The van der Waals surface area contributed by atoms with Gasteiger partial charge in [-0.05, 0) is 88.8 Å². The molecule has 0 saturated heterocycles. The molecule has 0 N–H and O–H groups in total. The zero-order chi connectivity index (χ0) is 30.9. The average Bonchev–Trinajstić information content (AvgIpc) is 3.48. The van der Waals surface area contributed by atoms with E-state index in [1.165, 1.54) is 5.56 Å². The monoisotopic (exact) mass is 603 g/mol. The third-order valence-electron chi connectivity index (χ3n) is 9.37. The van der Waals surface area contributed by atoms with E-state index >= 15 is 0 Å². The fourth-order valence-electron chi connectivity index (χ4n) is 7.24. The Morgan fingerprint density at radius 3 is 1.77 bits per heavy atom. The van der Waals surface area contributed by atoms with Crippen LogP contribution in [-0.2, 0) is 0 Å². The van der Waals surface area contributed by atoms with Crippen LogP contribution < -0.4 is 30.8 Å². The van der Waals surface area contributed by atoms with Gasteiger partial charge in [-0.1, -0.05) is 84.9 Å². The summed E-state index contributed by atoms with van der Waals surface area (Å²) in [6.07, 6.45) is 0. The molecule has 0 amide bonds. The van der Waals surface area contributed by atoms with Crippen LogP contribution in [0.1, 0.15) is 0 Å². The van der Waals surface area contributed by atoms with Crippen molar-refractivity contribution in [2.45, 2.75) is 0 Å². The lowest BCUT2D eigenvalue weighted by atomic mass is 9.34. The summed E-state index contributed by atoms with van der Waals surface area (Å²) in [6.45, 7) is -0.0582. The smallest absolute Gasteiger partial charge is 0.260 e. The third kappa shape index (κ3) is 4.10. The largest absolute Gasteiger partial charge is 0.458 e. The summed E-state index contributed by atoms with van der Waals surface area (Å²) in [5, 5.41) is 2.08. The van der Waals surface area contributed by atoms with Crippen LogP contribution in [0.15, 0.2) is 162 Å². The number of para-hydroxylation sites is 2. The molecule has 47 heavy (non-hydrogen) atoms. The van der Waals surface area contributed by atoms with Crippen molar-refractivity contribution < 1.29 is 13.9 Å². The van der Waals surface area contributed by atoms with Crippen LogP contribution in [0.4, 0.5) is 17.1 Å². The maximum absolute atomic E-state index is 6.68. The molecule has 1 aromatic heterocycles. The molecular weight excluding hydrogens is 577 g/mol. The minimum Gasteiger partial charge on any atom is -0.458 e. The highest BCUT2D eigenvalue weighted by Gasteiger charge is 2.40. The number of rotatable bonds is 4. The maximum Gasteiger partial charge on any atom is 0.260 e. The molecule has 0 aliphatic carbocycles. The van der Waals surface area contributed by atoms with Gasteiger partial charge in [0.25, 0.3) is 6.71 Å². The summed E-state index contributed by atoms with van der Waals surface area (Å²) in [4.78, 5) is 2.25. The zero-order valence-corrected chi connectivity index (χ0v) is 25.3. The second kappa shape index (κ2) is 10.2. The molecule has 0 atom stereocenters. The molecule has 3 heterocycles. The van der Waals surface area contributed by atoms with Crippen molar-refractivity contribution in [2.75, 3.05) is 4.90 Å². The number of ether oxygens (including phenoxy) is 2. The average molecular weight is 603 g/mol. The Hall–Kier alpha value is -6.20. The molecule has 10 rings (SSSR count). The Labute approximate surface area is 272 Å². The van der Waals surface area contributed by atoms with Crippen LogP contribution in [0.2, 0.25) is 0 Å². The minimum atomic E-state index is -0.0582. The van der Waals surface area contributed by atoms with E-state index in [-0.39, 0.29) is 6.71 Å². The molecular formula is C42H26BNO3. The molecule has 8 aromatic rings.